The fourth-order valence-corrected chi connectivity index (χ4v) is 1.94. The molecule has 110 valence electrons. The van der Waals surface area contributed by atoms with Crippen molar-refractivity contribution in [2.45, 2.75) is 13.0 Å². The highest BCUT2D eigenvalue weighted by Gasteiger charge is 2.11. The zero-order valence-electron chi connectivity index (χ0n) is 11.2. The molecular weight excluding hydrogens is 292 g/mol. The van der Waals surface area contributed by atoms with E-state index in [1.54, 1.807) is 35.9 Å². The van der Waals surface area contributed by atoms with E-state index in [1.165, 1.54) is 18.3 Å². The highest BCUT2D eigenvalue weighted by molar-refractivity contribution is 7.14. The summed E-state index contributed by atoms with van der Waals surface area (Å²) in [7, 11) is 0. The van der Waals surface area contributed by atoms with Crippen LogP contribution >= 0.6 is 11.3 Å². The molecule has 0 aliphatic carbocycles. The van der Waals surface area contributed by atoms with Crippen LogP contribution in [0.4, 0.5) is 10.9 Å². The van der Waals surface area contributed by atoms with Crippen LogP contribution in [0, 0.1) is 0 Å². The molecule has 0 radical (unpaired) electrons. The number of carboxylic acid groups (broad SMARTS) is 1. The molecule has 7 nitrogen and oxygen atoms in total. The lowest BCUT2D eigenvalue weighted by Crippen LogP contribution is -2.22. The number of thiazole rings is 1. The van der Waals surface area contributed by atoms with Gasteiger partial charge < -0.3 is 15.6 Å². The molecule has 0 amide bonds. The van der Waals surface area contributed by atoms with Gasteiger partial charge in [0, 0.05) is 5.38 Å². The average Bonchev–Trinajstić information content (AvgIpc) is 2.86. The van der Waals surface area contributed by atoms with E-state index in [1.807, 2.05) is 0 Å². The molecule has 1 atom stereocenters. The number of carbonyl (C=O) groups is 1. The van der Waals surface area contributed by atoms with E-state index in [4.69, 9.17) is 15.6 Å². The van der Waals surface area contributed by atoms with E-state index in [0.29, 0.717) is 16.7 Å². The number of carboxylic acids is 1. The van der Waals surface area contributed by atoms with Gasteiger partial charge in [0.1, 0.15) is 11.6 Å². The van der Waals surface area contributed by atoms with Crippen LogP contribution in [-0.4, -0.2) is 28.4 Å². The van der Waals surface area contributed by atoms with Crippen LogP contribution < -0.4 is 15.9 Å². The van der Waals surface area contributed by atoms with Gasteiger partial charge in [-0.05, 0) is 36.8 Å². The van der Waals surface area contributed by atoms with E-state index < -0.39 is 12.1 Å². The molecule has 2 rings (SSSR count). The van der Waals surface area contributed by atoms with Crippen LogP contribution in [0.5, 0.6) is 5.75 Å². The molecule has 1 heterocycles. The molecular formula is C13H14N4O3S. The SMILES string of the molecule is CC(Oc1ccc(C=NNc2nc(N)cs2)cc1)C(=O)O. The number of anilines is 2. The minimum atomic E-state index is -1.01. The zero-order valence-corrected chi connectivity index (χ0v) is 12.0. The lowest BCUT2D eigenvalue weighted by molar-refractivity contribution is -0.144. The Labute approximate surface area is 125 Å². The molecule has 4 N–H and O–H groups in total. The number of hydrogen-bond donors (Lipinski definition) is 3. The van der Waals surface area contributed by atoms with Crippen LogP contribution in [0.2, 0.25) is 0 Å². The van der Waals surface area contributed by atoms with Crippen LogP contribution in [-0.2, 0) is 4.79 Å². The third-order valence-corrected chi connectivity index (χ3v) is 3.20. The Balaban J connectivity index is 1.91. The maximum absolute atomic E-state index is 10.7. The van der Waals surface area contributed by atoms with Gasteiger partial charge >= 0.3 is 5.97 Å². The average molecular weight is 306 g/mol. The fourth-order valence-electron chi connectivity index (χ4n) is 1.39. The number of nitrogens with zero attached hydrogens (tertiary/aromatic N) is 2. The number of ether oxygens (including phenoxy) is 1. The fraction of sp³-hybridized carbons (Fsp3) is 0.154. The highest BCUT2D eigenvalue weighted by atomic mass is 32.1. The number of nitrogen functional groups attached to an aromatic ring is 1. The van der Waals surface area contributed by atoms with Gasteiger partial charge in [-0.2, -0.15) is 5.10 Å². The summed E-state index contributed by atoms with van der Waals surface area (Å²) in [5.41, 5.74) is 9.09. The quantitative estimate of drug-likeness (QED) is 0.556. The maximum atomic E-state index is 10.7. The van der Waals surface area contributed by atoms with Gasteiger partial charge in [-0.3, -0.25) is 5.43 Å². The molecule has 8 heteroatoms. The molecule has 0 saturated heterocycles. The van der Waals surface area contributed by atoms with Crippen molar-refractivity contribution in [1.82, 2.24) is 4.98 Å². The number of hydrogen-bond acceptors (Lipinski definition) is 7. The Kier molecular flexibility index (Phi) is 4.72. The number of nitrogens with one attached hydrogen (secondary N) is 1. The Morgan fingerprint density at radius 1 is 1.52 bits per heavy atom. The van der Waals surface area contributed by atoms with E-state index >= 15 is 0 Å². The van der Waals surface area contributed by atoms with Crippen molar-refractivity contribution in [1.29, 1.82) is 0 Å². The zero-order chi connectivity index (χ0) is 15.2. The van der Waals surface area contributed by atoms with Gasteiger partial charge in [-0.15, -0.1) is 11.3 Å². The molecule has 0 spiro atoms. The molecule has 0 aliphatic heterocycles. The van der Waals surface area contributed by atoms with Crippen LogP contribution in [0.15, 0.2) is 34.7 Å². The molecule has 0 saturated carbocycles. The summed E-state index contributed by atoms with van der Waals surface area (Å²) in [5.74, 6) is -0.0676. The van der Waals surface area contributed by atoms with Crippen LogP contribution in [0.3, 0.4) is 0 Å². The van der Waals surface area contributed by atoms with Crippen molar-refractivity contribution in [3.63, 3.8) is 0 Å². The summed E-state index contributed by atoms with van der Waals surface area (Å²) in [5, 5.41) is 15.1. The molecule has 1 aromatic carbocycles. The Morgan fingerprint density at radius 2 is 2.24 bits per heavy atom. The molecule has 0 aliphatic rings. The minimum Gasteiger partial charge on any atom is -0.479 e. The molecule has 1 unspecified atom stereocenters. The van der Waals surface area contributed by atoms with Crippen LogP contribution in [0.1, 0.15) is 12.5 Å². The molecule has 21 heavy (non-hydrogen) atoms. The second-order valence-electron chi connectivity index (χ2n) is 4.11. The lowest BCUT2D eigenvalue weighted by atomic mass is 10.2. The Hall–Kier alpha value is -2.61. The summed E-state index contributed by atoms with van der Waals surface area (Å²) >= 11 is 1.36. The Morgan fingerprint density at radius 3 is 2.81 bits per heavy atom. The summed E-state index contributed by atoms with van der Waals surface area (Å²) in [6.07, 6.45) is 0.726. The molecule has 0 fully saturated rings. The van der Waals surface area contributed by atoms with Crippen molar-refractivity contribution in [3.8, 4) is 5.75 Å². The summed E-state index contributed by atoms with van der Waals surface area (Å²) in [6.45, 7) is 1.47. The van der Waals surface area contributed by atoms with Crippen LogP contribution in [0.25, 0.3) is 0 Å². The molecule has 1 aromatic heterocycles. The largest absolute Gasteiger partial charge is 0.479 e. The number of benzene rings is 1. The van der Waals surface area contributed by atoms with Crippen molar-refractivity contribution in [2.24, 2.45) is 5.10 Å². The summed E-state index contributed by atoms with van der Waals surface area (Å²) < 4.78 is 5.23. The first-order valence-electron chi connectivity index (χ1n) is 6.04. The van der Waals surface area contributed by atoms with Crippen molar-refractivity contribution in [3.05, 3.63) is 35.2 Å². The van der Waals surface area contributed by atoms with Gasteiger partial charge in [-0.25, -0.2) is 9.78 Å². The normalized spacial score (nSPS) is 12.2. The third kappa shape index (κ3) is 4.46. The summed E-state index contributed by atoms with van der Waals surface area (Å²) in [4.78, 5) is 14.7. The minimum absolute atomic E-state index is 0.451. The first kappa shape index (κ1) is 14.8. The van der Waals surface area contributed by atoms with Crippen molar-refractivity contribution in [2.75, 3.05) is 11.2 Å². The van der Waals surface area contributed by atoms with E-state index in [9.17, 15) is 4.79 Å². The maximum Gasteiger partial charge on any atom is 0.344 e. The number of aromatic nitrogens is 1. The number of rotatable bonds is 6. The van der Waals surface area contributed by atoms with E-state index in [2.05, 4.69) is 15.5 Å². The van der Waals surface area contributed by atoms with Gasteiger partial charge in [0.25, 0.3) is 0 Å². The van der Waals surface area contributed by atoms with Gasteiger partial charge in [0.15, 0.2) is 6.10 Å². The second-order valence-corrected chi connectivity index (χ2v) is 4.97. The summed E-state index contributed by atoms with van der Waals surface area (Å²) in [6, 6.07) is 6.90. The smallest absolute Gasteiger partial charge is 0.344 e. The van der Waals surface area contributed by atoms with Crippen molar-refractivity contribution < 1.29 is 14.6 Å². The first-order chi connectivity index (χ1) is 10.0. The standard InChI is InChI=1S/C13H14N4O3S/c1-8(12(18)19)20-10-4-2-9(3-5-10)6-15-17-13-16-11(14)7-21-13/h2-8H,14H2,1H3,(H,16,17)(H,18,19). The predicted molar refractivity (Wildman–Crippen MR) is 81.9 cm³/mol. The van der Waals surface area contributed by atoms with Gasteiger partial charge in [-0.1, -0.05) is 0 Å². The number of aliphatic carboxylic acids is 1. The third-order valence-electron chi connectivity index (χ3n) is 2.44. The van der Waals surface area contributed by atoms with Gasteiger partial charge in [0.2, 0.25) is 5.13 Å². The lowest BCUT2D eigenvalue weighted by Gasteiger charge is -2.09. The Bertz CT molecular complexity index is 639. The molecule has 2 aromatic rings. The molecule has 0 bridgehead atoms. The number of hydrazone groups is 1. The first-order valence-corrected chi connectivity index (χ1v) is 6.92. The number of nitrogens with two attached hydrogens (primary N) is 1. The predicted octanol–water partition coefficient (Wildman–Crippen LogP) is 2.02. The monoisotopic (exact) mass is 306 g/mol. The van der Waals surface area contributed by atoms with E-state index in [-0.39, 0.29) is 0 Å². The second kappa shape index (κ2) is 6.71. The topological polar surface area (TPSA) is 110 Å². The van der Waals surface area contributed by atoms with E-state index in [0.717, 1.165) is 5.56 Å². The van der Waals surface area contributed by atoms with Crippen molar-refractivity contribution >= 4 is 34.5 Å². The highest BCUT2D eigenvalue weighted by Crippen LogP contribution is 2.16. The van der Waals surface area contributed by atoms with Gasteiger partial charge in [0.05, 0.1) is 6.21 Å².